The van der Waals surface area contributed by atoms with Crippen LogP contribution < -0.4 is 0 Å². The second kappa shape index (κ2) is 8.60. The van der Waals surface area contributed by atoms with Crippen LogP contribution in [0.25, 0.3) is 11.3 Å². The fourth-order valence-electron chi connectivity index (χ4n) is 2.63. The van der Waals surface area contributed by atoms with Crippen molar-refractivity contribution in [1.29, 1.82) is 0 Å². The molecule has 1 aromatic heterocycles. The number of furan rings is 1. The van der Waals surface area contributed by atoms with Crippen molar-refractivity contribution in [2.75, 3.05) is 0 Å². The number of carbonyl (C=O) groups excluding carboxylic acids is 1. The van der Waals surface area contributed by atoms with Gasteiger partial charge in [0.2, 0.25) is 0 Å². The molecule has 0 aliphatic heterocycles. The van der Waals surface area contributed by atoms with Crippen LogP contribution in [0.3, 0.4) is 0 Å². The molecule has 0 amide bonds. The Labute approximate surface area is 172 Å². The van der Waals surface area contributed by atoms with E-state index in [1.54, 1.807) is 54.6 Å². The van der Waals surface area contributed by atoms with Crippen molar-refractivity contribution < 1.29 is 17.2 Å². The zero-order valence-corrected chi connectivity index (χ0v) is 19.1. The van der Waals surface area contributed by atoms with E-state index < -0.39 is 23.7 Å². The SMILES string of the molecule is [CH3][Sn]([CH3])([CH3])[O]C(=O)c1ccccc1N=Cc1ccc(-c2ccccc2[N+](=O)[O-])o1. The number of aliphatic imine (C=N–C) groups is 1. The van der Waals surface area contributed by atoms with E-state index in [-0.39, 0.29) is 11.7 Å². The molecular weight excluding hydrogens is 479 g/mol. The van der Waals surface area contributed by atoms with Crippen molar-refractivity contribution in [3.63, 3.8) is 0 Å². The third-order valence-corrected chi connectivity index (χ3v) is 6.12. The molecule has 3 aromatic rings. The standard InChI is InChI=1S/C18H12N2O5.3CH3.Sn/c21-18(22)13-5-1-3-7-15(13)19-11-12-9-10-17(25-12)14-6-2-4-8-16(14)20(23)24;;;;/h1-11H,(H,21,22);3*1H3;/q;;;;+1/p-1. The molecule has 0 saturated heterocycles. The molecule has 0 N–H and O–H groups in total. The number of para-hydroxylation sites is 2. The first-order valence-electron chi connectivity index (χ1n) is 8.95. The predicted octanol–water partition coefficient (Wildman–Crippen LogP) is 5.60. The Morgan fingerprint density at radius 2 is 1.76 bits per heavy atom. The third-order valence-electron chi connectivity index (χ3n) is 3.85. The summed E-state index contributed by atoms with van der Waals surface area (Å²) < 4.78 is 11.3. The normalized spacial score (nSPS) is 11.6. The van der Waals surface area contributed by atoms with Crippen molar-refractivity contribution in [3.05, 3.63) is 82.1 Å². The van der Waals surface area contributed by atoms with Crippen LogP contribution >= 0.6 is 0 Å². The Hall–Kier alpha value is -2.94. The van der Waals surface area contributed by atoms with Gasteiger partial charge in [0.15, 0.2) is 0 Å². The van der Waals surface area contributed by atoms with Gasteiger partial charge in [0.05, 0.1) is 0 Å². The van der Waals surface area contributed by atoms with Crippen LogP contribution in [-0.4, -0.2) is 35.9 Å². The summed E-state index contributed by atoms with van der Waals surface area (Å²) in [5.74, 6) is 0.408. The summed E-state index contributed by atoms with van der Waals surface area (Å²) in [6.45, 7) is 0. The molecule has 3 rings (SSSR count). The van der Waals surface area contributed by atoms with Crippen LogP contribution in [0.2, 0.25) is 14.8 Å². The number of benzene rings is 2. The summed E-state index contributed by atoms with van der Waals surface area (Å²) in [4.78, 5) is 33.6. The number of nitro groups is 1. The molecule has 8 heteroatoms. The molecule has 0 aliphatic carbocycles. The molecule has 148 valence electrons. The van der Waals surface area contributed by atoms with Gasteiger partial charge in [0.1, 0.15) is 0 Å². The van der Waals surface area contributed by atoms with E-state index >= 15 is 0 Å². The van der Waals surface area contributed by atoms with Crippen LogP contribution in [0.4, 0.5) is 11.4 Å². The summed E-state index contributed by atoms with van der Waals surface area (Å²) in [6, 6.07) is 16.6. The molecule has 0 bridgehead atoms. The summed E-state index contributed by atoms with van der Waals surface area (Å²) >= 11 is -2.76. The molecule has 0 fully saturated rings. The molecule has 29 heavy (non-hydrogen) atoms. The van der Waals surface area contributed by atoms with Crippen molar-refractivity contribution in [1.82, 2.24) is 0 Å². The van der Waals surface area contributed by atoms with Crippen LogP contribution in [0, 0.1) is 10.1 Å². The molecular formula is C21H20N2O5Sn. The first-order chi connectivity index (χ1) is 13.7. The van der Waals surface area contributed by atoms with E-state index in [0.29, 0.717) is 28.3 Å². The maximum absolute atomic E-state index is 12.5. The quantitative estimate of drug-likeness (QED) is 0.191. The molecule has 0 aliphatic rings. The van der Waals surface area contributed by atoms with Crippen molar-refractivity contribution >= 4 is 42.3 Å². The Bertz CT molecular complexity index is 1080. The van der Waals surface area contributed by atoms with Gasteiger partial charge in [-0.15, -0.1) is 0 Å². The first kappa shape index (κ1) is 20.8. The van der Waals surface area contributed by atoms with Gasteiger partial charge in [-0.25, -0.2) is 0 Å². The van der Waals surface area contributed by atoms with Crippen LogP contribution in [-0.2, 0) is 3.07 Å². The molecule has 1 heterocycles. The van der Waals surface area contributed by atoms with E-state index in [1.807, 2.05) is 14.8 Å². The minimum atomic E-state index is -2.76. The summed E-state index contributed by atoms with van der Waals surface area (Å²) in [5.41, 5.74) is 1.21. The van der Waals surface area contributed by atoms with Gasteiger partial charge >= 0.3 is 157 Å². The molecule has 7 nitrogen and oxygen atoms in total. The van der Waals surface area contributed by atoms with Crippen molar-refractivity contribution in [2.45, 2.75) is 14.8 Å². The Morgan fingerprint density at radius 1 is 1.07 bits per heavy atom. The molecule has 0 unspecified atom stereocenters. The topological polar surface area (TPSA) is 94.9 Å². The number of hydrogen-bond donors (Lipinski definition) is 0. The molecule has 0 spiro atoms. The monoisotopic (exact) mass is 500 g/mol. The average Bonchev–Trinajstić information content (AvgIpc) is 3.14. The second-order valence-corrected chi connectivity index (χ2v) is 19.9. The summed E-state index contributed by atoms with van der Waals surface area (Å²) in [7, 11) is 0. The number of hydrogen-bond acceptors (Lipinski definition) is 6. The number of nitro benzene ring substituents is 1. The minimum absolute atomic E-state index is 0.0353. The number of carbonyl (C=O) groups is 1. The Morgan fingerprint density at radius 3 is 2.48 bits per heavy atom. The van der Waals surface area contributed by atoms with Crippen LogP contribution in [0.1, 0.15) is 16.1 Å². The van der Waals surface area contributed by atoms with Crippen molar-refractivity contribution in [2.24, 2.45) is 4.99 Å². The van der Waals surface area contributed by atoms with Gasteiger partial charge in [-0.05, 0) is 0 Å². The van der Waals surface area contributed by atoms with Crippen LogP contribution in [0.5, 0.6) is 0 Å². The van der Waals surface area contributed by atoms with E-state index in [0.717, 1.165) is 0 Å². The van der Waals surface area contributed by atoms with E-state index in [4.69, 9.17) is 7.49 Å². The summed E-state index contributed by atoms with van der Waals surface area (Å²) in [6.07, 6.45) is 1.48. The molecule has 0 saturated carbocycles. The molecule has 0 radical (unpaired) electrons. The molecule has 2 aromatic carbocycles. The van der Waals surface area contributed by atoms with Gasteiger partial charge in [-0.2, -0.15) is 0 Å². The number of nitrogens with zero attached hydrogens (tertiary/aromatic N) is 2. The third kappa shape index (κ3) is 5.32. The van der Waals surface area contributed by atoms with Gasteiger partial charge < -0.3 is 0 Å². The zero-order valence-electron chi connectivity index (χ0n) is 16.3. The van der Waals surface area contributed by atoms with Gasteiger partial charge in [-0.3, -0.25) is 10.1 Å². The maximum atomic E-state index is 12.5. The van der Waals surface area contributed by atoms with Gasteiger partial charge in [-0.1, -0.05) is 6.07 Å². The van der Waals surface area contributed by atoms with E-state index in [2.05, 4.69) is 4.99 Å². The van der Waals surface area contributed by atoms with Crippen LogP contribution in [0.15, 0.2) is 70.1 Å². The van der Waals surface area contributed by atoms with Crippen molar-refractivity contribution in [3.8, 4) is 11.3 Å². The second-order valence-electron chi connectivity index (χ2n) is 7.25. The first-order valence-corrected chi connectivity index (χ1v) is 18.7. The average molecular weight is 499 g/mol. The van der Waals surface area contributed by atoms with Gasteiger partial charge in [0.25, 0.3) is 0 Å². The fourth-order valence-corrected chi connectivity index (χ4v) is 4.53. The predicted molar refractivity (Wildman–Crippen MR) is 113 cm³/mol. The van der Waals surface area contributed by atoms with E-state index in [1.165, 1.54) is 12.3 Å². The molecule has 0 atom stereocenters. The Balaban J connectivity index is 1.86. The van der Waals surface area contributed by atoms with E-state index in [9.17, 15) is 14.9 Å². The zero-order chi connectivity index (χ0) is 21.0. The Kier molecular flexibility index (Phi) is 6.17. The van der Waals surface area contributed by atoms with Gasteiger partial charge in [0, 0.05) is 0 Å². The summed E-state index contributed by atoms with van der Waals surface area (Å²) in [5, 5.41) is 11.2. The fraction of sp³-hybridized carbons (Fsp3) is 0.143. The number of rotatable bonds is 6.